The van der Waals surface area contributed by atoms with Crippen LogP contribution in [0.5, 0.6) is 0 Å². The summed E-state index contributed by atoms with van der Waals surface area (Å²) in [5.41, 5.74) is 0. The zero-order chi connectivity index (χ0) is 8.41. The highest BCUT2D eigenvalue weighted by Crippen LogP contribution is 1.77. The minimum atomic E-state index is -0.412. The molecule has 0 bridgehead atoms. The summed E-state index contributed by atoms with van der Waals surface area (Å²) in [6.45, 7) is 6.81. The average molecular weight is 144 g/mol. The van der Waals surface area contributed by atoms with E-state index in [1.165, 1.54) is 6.08 Å². The van der Waals surface area contributed by atoms with Gasteiger partial charge in [-0.25, -0.2) is 4.79 Å². The van der Waals surface area contributed by atoms with Gasteiger partial charge in [0.05, 0.1) is 0 Å². The number of aliphatic hydroxyl groups excluding tert-OH is 1. The summed E-state index contributed by atoms with van der Waals surface area (Å²) in [6.07, 6.45) is 2.62. The average Bonchev–Trinajstić information content (AvgIpc) is 2.04. The standard InChI is InChI=1S/C6H8O2.CH4O/c1-3-5-8-6(7)4-2;1-2/h3-4H,1-2,5H2;2H,1H3. The van der Waals surface area contributed by atoms with Crippen molar-refractivity contribution in [1.82, 2.24) is 0 Å². The van der Waals surface area contributed by atoms with E-state index in [0.29, 0.717) is 0 Å². The monoisotopic (exact) mass is 144 g/mol. The van der Waals surface area contributed by atoms with Crippen LogP contribution in [0.1, 0.15) is 0 Å². The second-order valence-electron chi connectivity index (χ2n) is 1.12. The van der Waals surface area contributed by atoms with Crippen LogP contribution in [0.4, 0.5) is 0 Å². The first-order valence-corrected chi connectivity index (χ1v) is 2.66. The number of rotatable bonds is 3. The molecule has 0 aliphatic rings. The highest BCUT2D eigenvalue weighted by Gasteiger charge is 1.87. The van der Waals surface area contributed by atoms with Gasteiger partial charge < -0.3 is 9.84 Å². The number of aliphatic hydroxyl groups is 1. The van der Waals surface area contributed by atoms with E-state index in [9.17, 15) is 4.79 Å². The Balaban J connectivity index is 0. The quantitative estimate of drug-likeness (QED) is 0.356. The van der Waals surface area contributed by atoms with Gasteiger partial charge in [-0.15, -0.1) is 0 Å². The van der Waals surface area contributed by atoms with E-state index in [1.807, 2.05) is 0 Å². The van der Waals surface area contributed by atoms with E-state index in [4.69, 9.17) is 5.11 Å². The number of carbonyl (C=O) groups is 1. The lowest BCUT2D eigenvalue weighted by Crippen LogP contribution is -1.98. The minimum Gasteiger partial charge on any atom is -0.458 e. The molecule has 0 rings (SSSR count). The summed E-state index contributed by atoms with van der Waals surface area (Å²) in [7, 11) is 1.00. The fourth-order valence-corrected chi connectivity index (χ4v) is 0.200. The molecule has 0 aliphatic heterocycles. The molecular weight excluding hydrogens is 132 g/mol. The molecule has 3 nitrogen and oxygen atoms in total. The number of hydrogen-bond donors (Lipinski definition) is 1. The van der Waals surface area contributed by atoms with Gasteiger partial charge in [0.15, 0.2) is 0 Å². The first-order chi connectivity index (χ1) is 4.81. The summed E-state index contributed by atoms with van der Waals surface area (Å²) in [5.74, 6) is -0.412. The van der Waals surface area contributed by atoms with Crippen molar-refractivity contribution in [2.75, 3.05) is 13.7 Å². The number of carbonyl (C=O) groups excluding carboxylic acids is 1. The number of ether oxygens (including phenoxy) is 1. The maximum Gasteiger partial charge on any atom is 0.330 e. The molecular formula is C7H12O3. The topological polar surface area (TPSA) is 46.5 Å². The Hall–Kier alpha value is -1.09. The molecule has 0 saturated heterocycles. The third kappa shape index (κ3) is 10.0. The zero-order valence-corrected chi connectivity index (χ0v) is 6.04. The van der Waals surface area contributed by atoms with Crippen LogP contribution in [0, 0.1) is 0 Å². The summed E-state index contributed by atoms with van der Waals surface area (Å²) >= 11 is 0. The molecule has 0 unspecified atom stereocenters. The molecule has 0 heterocycles. The Labute approximate surface area is 60.6 Å². The maximum absolute atomic E-state index is 10.2. The molecule has 0 radical (unpaired) electrons. The number of hydrogen-bond acceptors (Lipinski definition) is 3. The largest absolute Gasteiger partial charge is 0.458 e. The second-order valence-corrected chi connectivity index (χ2v) is 1.12. The lowest BCUT2D eigenvalue weighted by molar-refractivity contribution is -0.136. The van der Waals surface area contributed by atoms with Crippen molar-refractivity contribution in [3.05, 3.63) is 25.3 Å². The van der Waals surface area contributed by atoms with Crippen LogP contribution in [0.3, 0.4) is 0 Å². The van der Waals surface area contributed by atoms with Crippen molar-refractivity contribution in [2.24, 2.45) is 0 Å². The van der Waals surface area contributed by atoms with E-state index >= 15 is 0 Å². The van der Waals surface area contributed by atoms with Gasteiger partial charge in [0.2, 0.25) is 0 Å². The van der Waals surface area contributed by atoms with Crippen LogP contribution >= 0.6 is 0 Å². The Kier molecular flexibility index (Phi) is 12.6. The van der Waals surface area contributed by atoms with Crippen LogP contribution in [0.15, 0.2) is 25.3 Å². The molecule has 0 atom stereocenters. The predicted molar refractivity (Wildman–Crippen MR) is 39.5 cm³/mol. The molecule has 3 heteroatoms. The highest BCUT2D eigenvalue weighted by atomic mass is 16.5. The van der Waals surface area contributed by atoms with Crippen LogP contribution in [0.2, 0.25) is 0 Å². The Morgan fingerprint density at radius 3 is 2.40 bits per heavy atom. The Bertz CT molecular complexity index is 107. The van der Waals surface area contributed by atoms with Gasteiger partial charge in [-0.05, 0) is 0 Å². The third-order valence-electron chi connectivity index (χ3n) is 0.510. The first-order valence-electron chi connectivity index (χ1n) is 2.66. The van der Waals surface area contributed by atoms with E-state index < -0.39 is 5.97 Å². The number of esters is 1. The van der Waals surface area contributed by atoms with E-state index in [0.717, 1.165) is 13.2 Å². The first kappa shape index (κ1) is 11.7. The van der Waals surface area contributed by atoms with Crippen LogP contribution in [-0.4, -0.2) is 24.8 Å². The van der Waals surface area contributed by atoms with Gasteiger partial charge in [0, 0.05) is 13.2 Å². The Morgan fingerprint density at radius 2 is 2.10 bits per heavy atom. The lowest BCUT2D eigenvalue weighted by Gasteiger charge is -1.92. The fourth-order valence-electron chi connectivity index (χ4n) is 0.200. The summed E-state index contributed by atoms with van der Waals surface area (Å²) in [5, 5.41) is 7.00. The van der Waals surface area contributed by atoms with Crippen molar-refractivity contribution < 1.29 is 14.6 Å². The molecule has 0 aromatic heterocycles. The maximum atomic E-state index is 10.2. The molecule has 0 amide bonds. The fraction of sp³-hybridized carbons (Fsp3) is 0.286. The smallest absolute Gasteiger partial charge is 0.330 e. The third-order valence-corrected chi connectivity index (χ3v) is 0.510. The highest BCUT2D eigenvalue weighted by molar-refractivity contribution is 5.81. The molecule has 0 aliphatic carbocycles. The summed E-state index contributed by atoms with van der Waals surface area (Å²) < 4.78 is 4.47. The SMILES string of the molecule is C=CCOC(=O)C=C.CO. The molecule has 0 spiro atoms. The van der Waals surface area contributed by atoms with Gasteiger partial charge in [-0.3, -0.25) is 0 Å². The Morgan fingerprint density at radius 1 is 1.60 bits per heavy atom. The van der Waals surface area contributed by atoms with E-state index in [-0.39, 0.29) is 6.61 Å². The zero-order valence-electron chi connectivity index (χ0n) is 6.04. The van der Waals surface area contributed by atoms with Gasteiger partial charge in [0.25, 0.3) is 0 Å². The molecule has 0 aromatic rings. The molecule has 58 valence electrons. The van der Waals surface area contributed by atoms with Gasteiger partial charge in [-0.2, -0.15) is 0 Å². The predicted octanol–water partition coefficient (Wildman–Crippen LogP) is 0.510. The minimum absolute atomic E-state index is 0.255. The molecule has 0 fully saturated rings. The molecule has 0 aromatic carbocycles. The second kappa shape index (κ2) is 10.8. The van der Waals surface area contributed by atoms with E-state index in [2.05, 4.69) is 17.9 Å². The van der Waals surface area contributed by atoms with E-state index in [1.54, 1.807) is 0 Å². The molecule has 1 N–H and O–H groups in total. The summed E-state index contributed by atoms with van der Waals surface area (Å²) in [4.78, 5) is 10.2. The van der Waals surface area contributed by atoms with Crippen LogP contribution in [-0.2, 0) is 9.53 Å². The normalized spacial score (nSPS) is 6.60. The van der Waals surface area contributed by atoms with Gasteiger partial charge in [-0.1, -0.05) is 19.2 Å². The van der Waals surface area contributed by atoms with Crippen molar-refractivity contribution in [2.45, 2.75) is 0 Å². The lowest BCUT2D eigenvalue weighted by atomic mass is 10.6. The van der Waals surface area contributed by atoms with Crippen LogP contribution in [0.25, 0.3) is 0 Å². The van der Waals surface area contributed by atoms with Crippen LogP contribution < -0.4 is 0 Å². The van der Waals surface area contributed by atoms with Crippen molar-refractivity contribution in [1.29, 1.82) is 0 Å². The van der Waals surface area contributed by atoms with Crippen molar-refractivity contribution in [3.8, 4) is 0 Å². The van der Waals surface area contributed by atoms with Crippen molar-refractivity contribution >= 4 is 5.97 Å². The molecule has 10 heavy (non-hydrogen) atoms. The molecule has 0 saturated carbocycles. The van der Waals surface area contributed by atoms with Gasteiger partial charge in [0.1, 0.15) is 6.61 Å². The van der Waals surface area contributed by atoms with Gasteiger partial charge >= 0.3 is 5.97 Å². The summed E-state index contributed by atoms with van der Waals surface area (Å²) in [6, 6.07) is 0. The van der Waals surface area contributed by atoms with Crippen molar-refractivity contribution in [3.63, 3.8) is 0 Å².